The van der Waals surface area contributed by atoms with Crippen LogP contribution in [0.2, 0.25) is 10.0 Å². The Morgan fingerprint density at radius 3 is 1.18 bits per heavy atom. The van der Waals surface area contributed by atoms with E-state index in [9.17, 15) is 52.8 Å². The lowest BCUT2D eigenvalue weighted by Gasteiger charge is -2.26. The number of alkyl halides is 6. The van der Waals surface area contributed by atoms with Gasteiger partial charge in [0.25, 0.3) is 0 Å². The minimum Gasteiger partial charge on any atom is -0.337 e. The van der Waals surface area contributed by atoms with E-state index in [1.807, 2.05) is 24.3 Å². The standard InChI is InChI=1S/2C25H24ClF3N6O3S/c2*1-39(37,38)34-21-5-3-2-4-20(21)32-22-19(26)11-30-24(33-22)31-16-8-9-17-14-6-7-15(18(17)10-16)13-35(12-14)23(36)25(27,28)29/h2*2-5,8-11,14-15,34H,6-7,12-13H2,1H3,(H2,30,31,32,33). The summed E-state index contributed by atoms with van der Waals surface area (Å²) in [6, 6.07) is 24.4. The molecule has 0 saturated carbocycles. The lowest BCUT2D eigenvalue weighted by Crippen LogP contribution is -2.42. The Morgan fingerprint density at radius 2 is 0.846 bits per heavy atom. The lowest BCUT2D eigenvalue weighted by atomic mass is 9.78. The molecule has 2 fully saturated rings. The Hall–Kier alpha value is -7.16. The topological polar surface area (TPSA) is 233 Å². The van der Waals surface area contributed by atoms with Crippen molar-refractivity contribution < 1.29 is 52.8 Å². The zero-order chi connectivity index (χ0) is 55.9. The highest BCUT2D eigenvalue weighted by molar-refractivity contribution is 7.92. The van der Waals surface area contributed by atoms with Gasteiger partial charge in [-0.1, -0.05) is 59.6 Å². The second-order valence-electron chi connectivity index (χ2n) is 19.2. The van der Waals surface area contributed by atoms with Crippen LogP contribution in [0.5, 0.6) is 0 Å². The first-order valence-electron chi connectivity index (χ1n) is 24.0. The monoisotopic (exact) mass is 1160 g/mol. The molecule has 2 aromatic heterocycles. The third kappa shape index (κ3) is 13.2. The summed E-state index contributed by atoms with van der Waals surface area (Å²) in [4.78, 5) is 43.0. The molecule has 28 heteroatoms. The molecule has 2 saturated heterocycles. The SMILES string of the molecule is CS(=O)(=O)Nc1ccccc1Nc1nc(Nc2ccc3c(c2)C2CCC3CN(C(=O)C(F)(F)F)C2)ncc1Cl.CS(=O)(=O)Nc1ccccc1Nc1nc(Nc2ccc3c(c2)C2CCC3CN(C(=O)C(F)(F)F)C2)ncc1Cl. The molecule has 12 rings (SSSR count). The number of benzene rings is 4. The third-order valence-electron chi connectivity index (χ3n) is 13.4. The molecule has 0 spiro atoms. The Kier molecular flexibility index (Phi) is 15.6. The smallest absolute Gasteiger partial charge is 0.337 e. The molecule has 2 amide bonds. The van der Waals surface area contributed by atoms with Gasteiger partial charge in [0.2, 0.25) is 31.9 Å². The number of nitrogens with one attached hydrogen (secondary N) is 6. The predicted molar refractivity (Wildman–Crippen MR) is 285 cm³/mol. The average Bonchev–Trinajstić information content (AvgIpc) is 3.88. The van der Waals surface area contributed by atoms with Crippen molar-refractivity contribution in [3.8, 4) is 0 Å². The maximum Gasteiger partial charge on any atom is 0.471 e. The Morgan fingerprint density at radius 1 is 0.513 bits per heavy atom. The summed E-state index contributed by atoms with van der Waals surface area (Å²) >= 11 is 12.6. The van der Waals surface area contributed by atoms with Gasteiger partial charge in [-0.25, -0.2) is 26.8 Å². The van der Waals surface area contributed by atoms with Crippen molar-refractivity contribution in [2.45, 2.75) is 61.7 Å². The molecule has 6 aliphatic rings. The molecule has 18 nitrogen and oxygen atoms in total. The number of amides is 2. The summed E-state index contributed by atoms with van der Waals surface area (Å²) < 4.78 is 130. The van der Waals surface area contributed by atoms with E-state index in [2.05, 4.69) is 50.6 Å². The van der Waals surface area contributed by atoms with Crippen molar-refractivity contribution in [2.75, 3.05) is 69.4 Å². The first-order valence-corrected chi connectivity index (χ1v) is 28.5. The molecule has 6 aromatic rings. The van der Waals surface area contributed by atoms with Gasteiger partial charge in [0, 0.05) is 61.2 Å². The molecule has 4 bridgehead atoms. The lowest BCUT2D eigenvalue weighted by molar-refractivity contribution is -0.185. The van der Waals surface area contributed by atoms with Crippen molar-refractivity contribution in [1.82, 2.24) is 29.7 Å². The van der Waals surface area contributed by atoms with E-state index in [0.29, 0.717) is 47.0 Å². The zero-order valence-corrected chi connectivity index (χ0v) is 44.3. The molecule has 412 valence electrons. The van der Waals surface area contributed by atoms with Crippen molar-refractivity contribution in [2.24, 2.45) is 0 Å². The second kappa shape index (κ2) is 21.9. The number of rotatable bonds is 12. The summed E-state index contributed by atoms with van der Waals surface area (Å²) in [5.41, 5.74) is 6.42. The van der Waals surface area contributed by atoms with E-state index in [-0.39, 0.29) is 83.4 Å². The Balaban J connectivity index is 0.000000190. The normalized spacial score (nSPS) is 18.7. The van der Waals surface area contributed by atoms with Crippen molar-refractivity contribution in [1.29, 1.82) is 0 Å². The zero-order valence-electron chi connectivity index (χ0n) is 41.2. The fraction of sp³-hybridized carbons (Fsp3) is 0.320. The van der Waals surface area contributed by atoms with E-state index in [0.717, 1.165) is 57.4 Å². The van der Waals surface area contributed by atoms with Gasteiger partial charge in [0.15, 0.2) is 11.6 Å². The van der Waals surface area contributed by atoms with Crippen LogP contribution in [0.15, 0.2) is 97.3 Å². The van der Waals surface area contributed by atoms with Gasteiger partial charge in [-0.3, -0.25) is 19.0 Å². The van der Waals surface area contributed by atoms with Crippen molar-refractivity contribution in [3.63, 3.8) is 0 Å². The molecular weight excluding hydrogens is 1110 g/mol. The van der Waals surface area contributed by atoms with Gasteiger partial charge in [-0.05, 0) is 96.5 Å². The number of fused-ring (bicyclic) bond motifs is 6. The number of halogens is 8. The van der Waals surface area contributed by atoms with E-state index in [1.54, 1.807) is 60.7 Å². The number of anilines is 10. The van der Waals surface area contributed by atoms with Gasteiger partial charge in [-0.2, -0.15) is 36.3 Å². The molecule has 4 unspecified atom stereocenters. The molecule has 4 aliphatic heterocycles. The molecule has 4 atom stereocenters. The van der Waals surface area contributed by atoms with Gasteiger partial charge >= 0.3 is 24.2 Å². The van der Waals surface area contributed by atoms with Crippen LogP contribution in [0.3, 0.4) is 0 Å². The number of carbonyl (C=O) groups excluding carboxylic acids is 2. The van der Waals surface area contributed by atoms with Crippen LogP contribution >= 0.6 is 23.2 Å². The molecule has 2 aliphatic carbocycles. The summed E-state index contributed by atoms with van der Waals surface area (Å²) in [5.74, 6) is -3.50. The molecule has 4 aromatic carbocycles. The molecule has 0 radical (unpaired) electrons. The van der Waals surface area contributed by atoms with E-state index < -0.39 is 44.2 Å². The Bertz CT molecular complexity index is 3300. The highest BCUT2D eigenvalue weighted by Crippen LogP contribution is 2.46. The van der Waals surface area contributed by atoms with Gasteiger partial charge in [0.05, 0.1) is 47.7 Å². The number of para-hydroxylation sites is 4. The molecule has 6 N–H and O–H groups in total. The minimum absolute atomic E-state index is 0.0116. The van der Waals surface area contributed by atoms with Crippen molar-refractivity contribution in [3.05, 3.63) is 130 Å². The van der Waals surface area contributed by atoms with Crippen LogP contribution < -0.4 is 30.7 Å². The molecule has 78 heavy (non-hydrogen) atoms. The van der Waals surface area contributed by atoms with Crippen LogP contribution in [0, 0.1) is 0 Å². The number of sulfonamides is 2. The quantitative estimate of drug-likeness (QED) is 0.0626. The number of nitrogens with zero attached hydrogens (tertiary/aromatic N) is 6. The average molecular weight is 1160 g/mol. The van der Waals surface area contributed by atoms with E-state index in [1.165, 1.54) is 12.4 Å². The van der Waals surface area contributed by atoms with Crippen LogP contribution in [-0.2, 0) is 29.6 Å². The van der Waals surface area contributed by atoms with E-state index in [4.69, 9.17) is 23.2 Å². The number of aromatic nitrogens is 4. The fourth-order valence-corrected chi connectivity index (χ4v) is 11.6. The van der Waals surface area contributed by atoms with Gasteiger partial charge < -0.3 is 31.1 Å². The summed E-state index contributed by atoms with van der Waals surface area (Å²) in [7, 11) is -7.05. The molecule has 6 heterocycles. The van der Waals surface area contributed by atoms with Crippen LogP contribution in [-0.4, -0.2) is 109 Å². The van der Waals surface area contributed by atoms with Crippen LogP contribution in [0.4, 0.5) is 84.0 Å². The third-order valence-corrected chi connectivity index (χ3v) is 15.2. The largest absolute Gasteiger partial charge is 0.471 e. The Labute approximate surface area is 453 Å². The highest BCUT2D eigenvalue weighted by Gasteiger charge is 2.47. The number of carbonyl (C=O) groups is 2. The minimum atomic E-state index is -4.90. The maximum absolute atomic E-state index is 13.1. The maximum atomic E-state index is 13.1. The summed E-state index contributed by atoms with van der Waals surface area (Å²) in [6.45, 7) is 0.106. The number of hydrogen-bond acceptors (Lipinski definition) is 14. The first kappa shape index (κ1) is 55.6. The van der Waals surface area contributed by atoms with Gasteiger partial charge in [-0.15, -0.1) is 0 Å². The fourth-order valence-electron chi connectivity index (χ4n) is 10.1. The number of hydrogen-bond donors (Lipinski definition) is 6. The van der Waals surface area contributed by atoms with E-state index >= 15 is 0 Å². The highest BCUT2D eigenvalue weighted by atomic mass is 35.5. The van der Waals surface area contributed by atoms with Gasteiger partial charge in [0.1, 0.15) is 10.0 Å². The predicted octanol–water partition coefficient (Wildman–Crippen LogP) is 10.7. The van der Waals surface area contributed by atoms with Crippen molar-refractivity contribution >= 4 is 113 Å². The summed E-state index contributed by atoms with van der Waals surface area (Å²) in [5, 5.41) is 12.6. The van der Waals surface area contributed by atoms with Crippen LogP contribution in [0.1, 0.15) is 71.6 Å². The van der Waals surface area contributed by atoms with Crippen LogP contribution in [0.25, 0.3) is 0 Å². The first-order chi connectivity index (χ1) is 36.7. The summed E-state index contributed by atoms with van der Waals surface area (Å²) in [6.07, 6.45) is -2.12. The second-order valence-corrected chi connectivity index (χ2v) is 23.5. The molecular formula is C50H48Cl2F6N12O6S2.